The molecule has 26 heavy (non-hydrogen) atoms. The Bertz CT molecular complexity index is 697. The summed E-state index contributed by atoms with van der Waals surface area (Å²) in [5.41, 5.74) is 3.42. The summed E-state index contributed by atoms with van der Waals surface area (Å²) in [5.74, 6) is 0. The molecule has 3 rings (SSSR count). The lowest BCUT2D eigenvalue weighted by Crippen LogP contribution is -2.43. The molecule has 0 amide bonds. The molecule has 1 aromatic carbocycles. The Morgan fingerprint density at radius 1 is 1.23 bits per heavy atom. The van der Waals surface area contributed by atoms with E-state index in [2.05, 4.69) is 48.4 Å². The zero-order valence-electron chi connectivity index (χ0n) is 16.3. The predicted molar refractivity (Wildman–Crippen MR) is 108 cm³/mol. The van der Waals surface area contributed by atoms with Crippen LogP contribution in [0.1, 0.15) is 63.6 Å². The zero-order chi connectivity index (χ0) is 18.4. The number of aromatic nitrogens is 1. The Morgan fingerprint density at radius 3 is 2.88 bits per heavy atom. The number of unbranched alkanes of at least 4 members (excludes halogenated alkanes) is 3. The second-order valence-electron chi connectivity index (χ2n) is 7.79. The van der Waals surface area contributed by atoms with Crippen LogP contribution in [0.5, 0.6) is 0 Å². The maximum absolute atomic E-state index is 9.33. The highest BCUT2D eigenvalue weighted by molar-refractivity contribution is 5.85. The highest BCUT2D eigenvalue weighted by atomic mass is 16.5. The van der Waals surface area contributed by atoms with Crippen molar-refractivity contribution in [3.63, 3.8) is 0 Å². The van der Waals surface area contributed by atoms with E-state index >= 15 is 0 Å². The van der Waals surface area contributed by atoms with Crippen molar-refractivity contribution in [1.29, 1.82) is 0 Å². The van der Waals surface area contributed by atoms with Gasteiger partial charge >= 0.3 is 0 Å². The summed E-state index contributed by atoms with van der Waals surface area (Å²) >= 11 is 0. The van der Waals surface area contributed by atoms with Crippen molar-refractivity contribution in [1.82, 2.24) is 10.3 Å². The molecule has 2 unspecified atom stereocenters. The number of para-hydroxylation sites is 1. The molecule has 0 saturated carbocycles. The first-order chi connectivity index (χ1) is 12.7. The van der Waals surface area contributed by atoms with Crippen LogP contribution in [0, 0.1) is 0 Å². The fourth-order valence-electron chi connectivity index (χ4n) is 4.21. The Labute approximate surface area is 157 Å². The number of hydrogen-bond acceptors (Lipinski definition) is 3. The molecule has 0 fully saturated rings. The summed E-state index contributed by atoms with van der Waals surface area (Å²) in [6.07, 6.45) is 7.83. The second-order valence-corrected chi connectivity index (χ2v) is 7.79. The summed E-state index contributed by atoms with van der Waals surface area (Å²) in [6.45, 7) is 6.57. The van der Waals surface area contributed by atoms with Crippen LogP contribution >= 0.6 is 0 Å². The summed E-state index contributed by atoms with van der Waals surface area (Å²) in [6, 6.07) is 8.53. The Morgan fingerprint density at radius 2 is 2.08 bits per heavy atom. The average molecular weight is 359 g/mol. The van der Waals surface area contributed by atoms with E-state index in [1.54, 1.807) is 0 Å². The van der Waals surface area contributed by atoms with Gasteiger partial charge in [-0.05, 0) is 44.4 Å². The van der Waals surface area contributed by atoms with Crippen LogP contribution in [0.2, 0.25) is 0 Å². The SMILES string of the molecule is CCCCCCNCC1Cc2c([nH]c3ccccc23)C(C)(CCCO)O1. The van der Waals surface area contributed by atoms with Gasteiger partial charge in [0.15, 0.2) is 0 Å². The van der Waals surface area contributed by atoms with Gasteiger partial charge in [0.05, 0.1) is 11.8 Å². The van der Waals surface area contributed by atoms with Gasteiger partial charge in [-0.1, -0.05) is 44.4 Å². The largest absolute Gasteiger partial charge is 0.396 e. The van der Waals surface area contributed by atoms with Crippen molar-refractivity contribution in [2.75, 3.05) is 19.7 Å². The molecule has 2 aromatic rings. The molecule has 4 heteroatoms. The molecular formula is C22H34N2O2. The molecule has 0 bridgehead atoms. The quantitative estimate of drug-likeness (QED) is 0.556. The van der Waals surface area contributed by atoms with Crippen molar-refractivity contribution in [3.8, 4) is 0 Å². The summed E-state index contributed by atoms with van der Waals surface area (Å²) in [7, 11) is 0. The van der Waals surface area contributed by atoms with Crippen molar-refractivity contribution < 1.29 is 9.84 Å². The van der Waals surface area contributed by atoms with Crippen LogP contribution < -0.4 is 5.32 Å². The number of fused-ring (bicyclic) bond motifs is 3. The number of benzene rings is 1. The van der Waals surface area contributed by atoms with Gasteiger partial charge in [-0.25, -0.2) is 0 Å². The van der Waals surface area contributed by atoms with E-state index in [0.717, 1.165) is 32.4 Å². The molecule has 144 valence electrons. The second kappa shape index (κ2) is 9.03. The van der Waals surface area contributed by atoms with Gasteiger partial charge in [-0.15, -0.1) is 0 Å². The van der Waals surface area contributed by atoms with Gasteiger partial charge < -0.3 is 20.1 Å². The molecule has 1 aromatic heterocycles. The molecule has 1 aliphatic heterocycles. The van der Waals surface area contributed by atoms with Gasteiger partial charge in [0, 0.05) is 30.5 Å². The average Bonchev–Trinajstić information content (AvgIpc) is 3.03. The fraction of sp³-hybridized carbons (Fsp3) is 0.636. The molecule has 0 aliphatic carbocycles. The minimum atomic E-state index is -0.357. The Hall–Kier alpha value is -1.36. The first kappa shape index (κ1) is 19.4. The Kier molecular flexibility index (Phi) is 6.74. The number of rotatable bonds is 10. The first-order valence-corrected chi connectivity index (χ1v) is 10.3. The standard InChI is InChI=1S/C22H34N2O2/c1-3-4-5-8-13-23-16-17-15-19-18-10-6-7-11-20(18)24-21(19)22(2,26-17)12-9-14-25/h6-7,10-11,17,23-25H,3-5,8-9,12-16H2,1-2H3. The van der Waals surface area contributed by atoms with E-state index < -0.39 is 0 Å². The van der Waals surface area contributed by atoms with E-state index in [-0.39, 0.29) is 18.3 Å². The van der Waals surface area contributed by atoms with E-state index in [1.807, 2.05) is 0 Å². The van der Waals surface area contributed by atoms with Crippen LogP contribution in [-0.2, 0) is 16.8 Å². The summed E-state index contributed by atoms with van der Waals surface area (Å²) in [4.78, 5) is 3.60. The first-order valence-electron chi connectivity index (χ1n) is 10.3. The molecule has 0 saturated heterocycles. The number of aromatic amines is 1. The topological polar surface area (TPSA) is 57.3 Å². The van der Waals surface area contributed by atoms with Crippen molar-refractivity contribution in [3.05, 3.63) is 35.5 Å². The predicted octanol–water partition coefficient (Wildman–Crippen LogP) is 4.27. The molecule has 2 heterocycles. The molecular weight excluding hydrogens is 324 g/mol. The number of aliphatic hydroxyl groups is 1. The zero-order valence-corrected chi connectivity index (χ0v) is 16.3. The normalized spacial score (nSPS) is 22.7. The minimum absolute atomic E-state index is 0.177. The highest BCUT2D eigenvalue weighted by Crippen LogP contribution is 2.41. The smallest absolute Gasteiger partial charge is 0.106 e. The third-order valence-corrected chi connectivity index (χ3v) is 5.59. The van der Waals surface area contributed by atoms with Crippen LogP contribution in [0.4, 0.5) is 0 Å². The van der Waals surface area contributed by atoms with Crippen LogP contribution in [0.25, 0.3) is 10.9 Å². The van der Waals surface area contributed by atoms with Gasteiger partial charge in [-0.2, -0.15) is 0 Å². The lowest BCUT2D eigenvalue weighted by molar-refractivity contribution is -0.107. The van der Waals surface area contributed by atoms with Crippen molar-refractivity contribution in [2.45, 2.75) is 70.5 Å². The number of H-pyrrole nitrogens is 1. The third kappa shape index (κ3) is 4.30. The van der Waals surface area contributed by atoms with Crippen LogP contribution in [0.15, 0.2) is 24.3 Å². The molecule has 1 aliphatic rings. The van der Waals surface area contributed by atoms with Gasteiger partial charge in [0.1, 0.15) is 5.60 Å². The number of hydrogen-bond donors (Lipinski definition) is 3. The number of nitrogens with one attached hydrogen (secondary N) is 2. The van der Waals surface area contributed by atoms with Crippen LogP contribution in [0.3, 0.4) is 0 Å². The Balaban J connectivity index is 1.73. The molecule has 0 spiro atoms. The lowest BCUT2D eigenvalue weighted by Gasteiger charge is -2.39. The molecule has 2 atom stereocenters. The fourth-order valence-corrected chi connectivity index (χ4v) is 4.21. The van der Waals surface area contributed by atoms with Crippen LogP contribution in [-0.4, -0.2) is 35.9 Å². The number of ether oxygens (including phenoxy) is 1. The minimum Gasteiger partial charge on any atom is -0.396 e. The molecule has 3 N–H and O–H groups in total. The highest BCUT2D eigenvalue weighted by Gasteiger charge is 2.39. The molecule has 0 radical (unpaired) electrons. The maximum atomic E-state index is 9.33. The van der Waals surface area contributed by atoms with Crippen molar-refractivity contribution in [2.24, 2.45) is 0 Å². The summed E-state index contributed by atoms with van der Waals surface area (Å²) < 4.78 is 6.55. The third-order valence-electron chi connectivity index (χ3n) is 5.59. The number of aliphatic hydroxyl groups excluding tert-OH is 1. The summed E-state index contributed by atoms with van der Waals surface area (Å²) in [5, 5.41) is 14.2. The van der Waals surface area contributed by atoms with E-state index in [9.17, 15) is 5.11 Å². The van der Waals surface area contributed by atoms with Crippen molar-refractivity contribution >= 4 is 10.9 Å². The van der Waals surface area contributed by atoms with E-state index in [1.165, 1.54) is 47.8 Å². The van der Waals surface area contributed by atoms with Gasteiger partial charge in [0.25, 0.3) is 0 Å². The van der Waals surface area contributed by atoms with Gasteiger partial charge in [0.2, 0.25) is 0 Å². The molecule has 4 nitrogen and oxygen atoms in total. The maximum Gasteiger partial charge on any atom is 0.106 e. The van der Waals surface area contributed by atoms with E-state index in [4.69, 9.17) is 4.74 Å². The van der Waals surface area contributed by atoms with E-state index in [0.29, 0.717) is 0 Å². The lowest BCUT2D eigenvalue weighted by atomic mass is 9.87. The van der Waals surface area contributed by atoms with Gasteiger partial charge in [-0.3, -0.25) is 0 Å². The monoisotopic (exact) mass is 358 g/mol.